The molecule has 2 heterocycles. The molecule has 0 unspecified atom stereocenters. The van der Waals surface area contributed by atoms with E-state index in [1.807, 2.05) is 23.1 Å². The van der Waals surface area contributed by atoms with Crippen LogP contribution >= 0.6 is 0 Å². The molecule has 0 bridgehead atoms. The molecular formula is C15H20N2O3. The van der Waals surface area contributed by atoms with Crippen LogP contribution in [-0.2, 0) is 0 Å². The summed E-state index contributed by atoms with van der Waals surface area (Å²) in [7, 11) is 0. The second-order valence-electron chi connectivity index (χ2n) is 5.32. The zero-order valence-corrected chi connectivity index (χ0v) is 11.5. The Morgan fingerprint density at radius 2 is 2.20 bits per heavy atom. The molecule has 0 aromatic heterocycles. The number of piperidine rings is 1. The van der Waals surface area contributed by atoms with Gasteiger partial charge in [-0.1, -0.05) is 6.07 Å². The predicted molar refractivity (Wildman–Crippen MR) is 75.1 cm³/mol. The van der Waals surface area contributed by atoms with Crippen molar-refractivity contribution in [1.82, 2.24) is 4.90 Å². The van der Waals surface area contributed by atoms with Gasteiger partial charge in [-0.05, 0) is 37.4 Å². The molecule has 0 radical (unpaired) electrons. The van der Waals surface area contributed by atoms with Crippen LogP contribution < -0.4 is 15.2 Å². The van der Waals surface area contributed by atoms with Crippen LogP contribution in [0.3, 0.4) is 0 Å². The number of carbonyl (C=O) groups is 1. The molecule has 0 spiro atoms. The minimum atomic E-state index is 0.0190. The van der Waals surface area contributed by atoms with Crippen molar-refractivity contribution >= 4 is 5.91 Å². The van der Waals surface area contributed by atoms with Crippen molar-refractivity contribution < 1.29 is 14.3 Å². The molecule has 20 heavy (non-hydrogen) atoms. The van der Waals surface area contributed by atoms with Crippen LogP contribution in [0.2, 0.25) is 0 Å². The summed E-state index contributed by atoms with van der Waals surface area (Å²) in [5.74, 6) is 1.67. The van der Waals surface area contributed by atoms with Gasteiger partial charge in [-0.15, -0.1) is 0 Å². The molecule has 1 aromatic rings. The average molecular weight is 276 g/mol. The van der Waals surface area contributed by atoms with Gasteiger partial charge in [0.1, 0.15) is 13.2 Å². The van der Waals surface area contributed by atoms with Crippen LogP contribution in [0.4, 0.5) is 0 Å². The average Bonchev–Trinajstić information content (AvgIpc) is 2.53. The molecule has 2 aliphatic rings. The Balaban J connectivity index is 1.83. The monoisotopic (exact) mass is 276 g/mol. The number of hydrogen-bond acceptors (Lipinski definition) is 4. The van der Waals surface area contributed by atoms with Gasteiger partial charge in [0.15, 0.2) is 11.5 Å². The third kappa shape index (κ3) is 2.45. The topological polar surface area (TPSA) is 64.8 Å². The highest BCUT2D eigenvalue weighted by molar-refractivity contribution is 5.98. The maximum Gasteiger partial charge on any atom is 0.257 e. The second kappa shape index (κ2) is 5.71. The van der Waals surface area contributed by atoms with Gasteiger partial charge < -0.3 is 20.1 Å². The minimum absolute atomic E-state index is 0.0190. The highest BCUT2D eigenvalue weighted by Crippen LogP contribution is 2.34. The Morgan fingerprint density at radius 3 is 3.05 bits per heavy atom. The Hall–Kier alpha value is -1.75. The summed E-state index contributed by atoms with van der Waals surface area (Å²) < 4.78 is 11.2. The first-order valence-electron chi connectivity index (χ1n) is 7.17. The van der Waals surface area contributed by atoms with E-state index in [-0.39, 0.29) is 5.91 Å². The van der Waals surface area contributed by atoms with Gasteiger partial charge in [0, 0.05) is 13.1 Å². The van der Waals surface area contributed by atoms with E-state index < -0.39 is 0 Å². The van der Waals surface area contributed by atoms with Gasteiger partial charge in [0.25, 0.3) is 5.91 Å². The fourth-order valence-corrected chi connectivity index (χ4v) is 2.85. The molecule has 1 aromatic carbocycles. The van der Waals surface area contributed by atoms with Gasteiger partial charge in [0.2, 0.25) is 0 Å². The van der Waals surface area contributed by atoms with Gasteiger partial charge in [0.05, 0.1) is 5.56 Å². The largest absolute Gasteiger partial charge is 0.486 e. The number of fused-ring (bicyclic) bond motifs is 1. The molecule has 0 saturated carbocycles. The molecule has 108 valence electrons. The molecule has 2 N–H and O–H groups in total. The van der Waals surface area contributed by atoms with Gasteiger partial charge in [-0.2, -0.15) is 0 Å². The molecule has 1 saturated heterocycles. The number of nitrogens with two attached hydrogens (primary N) is 1. The van der Waals surface area contributed by atoms with Crippen LogP contribution in [0.15, 0.2) is 18.2 Å². The fraction of sp³-hybridized carbons (Fsp3) is 0.533. The Labute approximate surface area is 118 Å². The smallest absolute Gasteiger partial charge is 0.257 e. The van der Waals surface area contributed by atoms with E-state index in [2.05, 4.69) is 0 Å². The standard InChI is InChI=1S/C15H20N2O3/c16-9-11-3-2-6-17(10-11)15(18)12-4-1-5-13-14(12)20-8-7-19-13/h1,4-5,11H,2-3,6-10,16H2/t11-/m0/s1. The molecule has 5 nitrogen and oxygen atoms in total. The fourth-order valence-electron chi connectivity index (χ4n) is 2.85. The molecule has 1 amide bonds. The Kier molecular flexibility index (Phi) is 3.78. The third-order valence-corrected chi connectivity index (χ3v) is 3.94. The molecule has 1 atom stereocenters. The second-order valence-corrected chi connectivity index (χ2v) is 5.32. The van der Waals surface area contributed by atoms with Crippen molar-refractivity contribution in [2.24, 2.45) is 11.7 Å². The van der Waals surface area contributed by atoms with Gasteiger partial charge in [-0.3, -0.25) is 4.79 Å². The first kappa shape index (κ1) is 13.2. The third-order valence-electron chi connectivity index (χ3n) is 3.94. The van der Waals surface area contributed by atoms with Crippen LogP contribution in [0.25, 0.3) is 0 Å². The minimum Gasteiger partial charge on any atom is -0.486 e. The highest BCUT2D eigenvalue weighted by atomic mass is 16.6. The van der Waals surface area contributed by atoms with E-state index in [4.69, 9.17) is 15.2 Å². The number of para-hydroxylation sites is 1. The van der Waals surface area contributed by atoms with Crippen molar-refractivity contribution in [2.75, 3.05) is 32.8 Å². The number of ether oxygens (including phenoxy) is 2. The lowest BCUT2D eigenvalue weighted by molar-refractivity contribution is 0.0668. The Bertz CT molecular complexity index is 504. The van der Waals surface area contributed by atoms with Crippen molar-refractivity contribution in [2.45, 2.75) is 12.8 Å². The van der Waals surface area contributed by atoms with E-state index in [1.165, 1.54) is 0 Å². The first-order valence-corrected chi connectivity index (χ1v) is 7.17. The molecule has 3 rings (SSSR count). The van der Waals surface area contributed by atoms with Crippen LogP contribution in [0.5, 0.6) is 11.5 Å². The predicted octanol–water partition coefficient (Wildman–Crippen LogP) is 1.27. The number of rotatable bonds is 2. The quantitative estimate of drug-likeness (QED) is 0.883. The van der Waals surface area contributed by atoms with Crippen molar-refractivity contribution in [1.29, 1.82) is 0 Å². The number of carbonyl (C=O) groups excluding carboxylic acids is 1. The summed E-state index contributed by atoms with van der Waals surface area (Å²) >= 11 is 0. The lowest BCUT2D eigenvalue weighted by atomic mass is 9.97. The lowest BCUT2D eigenvalue weighted by Crippen LogP contribution is -2.42. The van der Waals surface area contributed by atoms with E-state index >= 15 is 0 Å². The summed E-state index contributed by atoms with van der Waals surface area (Å²) in [6.07, 6.45) is 2.12. The maximum absolute atomic E-state index is 12.7. The summed E-state index contributed by atoms with van der Waals surface area (Å²) in [5.41, 5.74) is 6.33. The normalized spacial score (nSPS) is 21.6. The molecule has 1 fully saturated rings. The first-order chi connectivity index (χ1) is 9.79. The van der Waals surface area contributed by atoms with Crippen LogP contribution in [0, 0.1) is 5.92 Å². The zero-order chi connectivity index (χ0) is 13.9. The van der Waals surface area contributed by atoms with Crippen LogP contribution in [0.1, 0.15) is 23.2 Å². The number of benzene rings is 1. The number of likely N-dealkylation sites (tertiary alicyclic amines) is 1. The molecule has 0 aliphatic carbocycles. The zero-order valence-electron chi connectivity index (χ0n) is 11.5. The van der Waals surface area contributed by atoms with E-state index in [1.54, 1.807) is 0 Å². The summed E-state index contributed by atoms with van der Waals surface area (Å²) in [6, 6.07) is 5.48. The highest BCUT2D eigenvalue weighted by Gasteiger charge is 2.27. The van der Waals surface area contributed by atoms with Gasteiger partial charge >= 0.3 is 0 Å². The number of hydrogen-bond donors (Lipinski definition) is 1. The summed E-state index contributed by atoms with van der Waals surface area (Å²) in [6.45, 7) is 3.18. The van der Waals surface area contributed by atoms with Crippen molar-refractivity contribution in [3.63, 3.8) is 0 Å². The van der Waals surface area contributed by atoms with E-state index in [9.17, 15) is 4.79 Å². The molecule has 5 heteroatoms. The van der Waals surface area contributed by atoms with Gasteiger partial charge in [-0.25, -0.2) is 0 Å². The summed E-state index contributed by atoms with van der Waals surface area (Å²) in [5, 5.41) is 0. The Morgan fingerprint density at radius 1 is 1.35 bits per heavy atom. The van der Waals surface area contributed by atoms with E-state index in [0.717, 1.165) is 25.9 Å². The number of amides is 1. The van der Waals surface area contributed by atoms with Crippen LogP contribution in [-0.4, -0.2) is 43.7 Å². The SMILES string of the molecule is NC[C@@H]1CCCN(C(=O)c2cccc3c2OCCO3)C1. The summed E-state index contributed by atoms with van der Waals surface area (Å²) in [4.78, 5) is 14.6. The lowest BCUT2D eigenvalue weighted by Gasteiger charge is -2.33. The van der Waals surface area contributed by atoms with E-state index in [0.29, 0.717) is 42.7 Å². The molecular weight excluding hydrogens is 256 g/mol. The van der Waals surface area contributed by atoms with Crippen molar-refractivity contribution in [3.05, 3.63) is 23.8 Å². The number of nitrogens with zero attached hydrogens (tertiary/aromatic N) is 1. The van der Waals surface area contributed by atoms with Crippen molar-refractivity contribution in [3.8, 4) is 11.5 Å². The molecule has 2 aliphatic heterocycles. The maximum atomic E-state index is 12.7.